The summed E-state index contributed by atoms with van der Waals surface area (Å²) in [6.45, 7) is 3.69. The van der Waals surface area contributed by atoms with Gasteiger partial charge in [0.1, 0.15) is 4.90 Å². The highest BCUT2D eigenvalue weighted by atomic mass is 32.2. The van der Waals surface area contributed by atoms with Gasteiger partial charge in [-0.2, -0.15) is 0 Å². The molecule has 0 spiro atoms. The topological polar surface area (TPSA) is 69.6 Å². The van der Waals surface area contributed by atoms with Crippen molar-refractivity contribution < 1.29 is 13.5 Å². The average Bonchev–Trinajstić information content (AvgIpc) is 3.03. The quantitative estimate of drug-likeness (QED) is 0.877. The molecule has 0 bridgehead atoms. The number of hydrogen-bond acceptors (Lipinski definition) is 5. The van der Waals surface area contributed by atoms with Crippen LogP contribution in [0.4, 0.5) is 0 Å². The van der Waals surface area contributed by atoms with Crippen LogP contribution in [-0.2, 0) is 16.6 Å². The summed E-state index contributed by atoms with van der Waals surface area (Å²) in [5, 5.41) is 11.1. The molecule has 2 fully saturated rings. The molecule has 1 aromatic heterocycles. The van der Waals surface area contributed by atoms with Gasteiger partial charge in [0.05, 0.1) is 11.5 Å². The molecule has 3 rings (SSSR count). The molecule has 2 unspecified atom stereocenters. The molecular formula is C14H22N2O3S2. The SMILES string of the molecule is Cc1csc(CO)c1S(=O)(=O)NC1CCN2CCCC2C1. The van der Waals surface area contributed by atoms with Gasteiger partial charge in [0, 0.05) is 12.1 Å². The lowest BCUT2D eigenvalue weighted by atomic mass is 9.99. The standard InChI is InChI=1S/C14H22N2O3S2/c1-10-9-20-13(8-17)14(10)21(18,19)15-11-4-6-16-5-2-3-12(16)7-11/h9,11-12,15,17H,2-8H2,1H3. The van der Waals surface area contributed by atoms with E-state index in [4.69, 9.17) is 0 Å². The van der Waals surface area contributed by atoms with Crippen molar-refractivity contribution in [3.8, 4) is 0 Å². The fourth-order valence-electron chi connectivity index (χ4n) is 3.57. The molecular weight excluding hydrogens is 308 g/mol. The van der Waals surface area contributed by atoms with E-state index in [0.29, 0.717) is 10.9 Å². The number of piperidine rings is 1. The first kappa shape index (κ1) is 15.4. The maximum atomic E-state index is 12.6. The predicted octanol–water partition coefficient (Wildman–Crippen LogP) is 1.45. The molecule has 0 radical (unpaired) electrons. The lowest BCUT2D eigenvalue weighted by molar-refractivity contribution is 0.176. The highest BCUT2D eigenvalue weighted by Crippen LogP contribution is 2.30. The summed E-state index contributed by atoms with van der Waals surface area (Å²) >= 11 is 1.30. The monoisotopic (exact) mass is 330 g/mol. The molecule has 0 saturated carbocycles. The third kappa shape index (κ3) is 3.03. The van der Waals surface area contributed by atoms with E-state index in [1.165, 1.54) is 24.2 Å². The van der Waals surface area contributed by atoms with Crippen LogP contribution in [0.25, 0.3) is 0 Å². The third-order valence-electron chi connectivity index (χ3n) is 4.54. The molecule has 0 amide bonds. The smallest absolute Gasteiger partial charge is 0.242 e. The van der Waals surface area contributed by atoms with Crippen molar-refractivity contribution in [2.45, 2.75) is 56.2 Å². The van der Waals surface area contributed by atoms with Crippen LogP contribution in [0.5, 0.6) is 0 Å². The van der Waals surface area contributed by atoms with Crippen LogP contribution in [0.15, 0.2) is 10.3 Å². The molecule has 2 aliphatic heterocycles. The van der Waals surface area contributed by atoms with Gasteiger partial charge >= 0.3 is 0 Å². The van der Waals surface area contributed by atoms with Gasteiger partial charge in [-0.15, -0.1) is 11.3 Å². The van der Waals surface area contributed by atoms with E-state index in [1.807, 2.05) is 0 Å². The van der Waals surface area contributed by atoms with E-state index in [1.54, 1.807) is 12.3 Å². The Labute approximate surface area is 130 Å². The predicted molar refractivity (Wildman–Crippen MR) is 82.9 cm³/mol. The number of aliphatic hydroxyl groups excluding tert-OH is 1. The minimum Gasteiger partial charge on any atom is -0.391 e. The first-order valence-electron chi connectivity index (χ1n) is 7.45. The van der Waals surface area contributed by atoms with E-state index in [2.05, 4.69) is 9.62 Å². The highest BCUT2D eigenvalue weighted by molar-refractivity contribution is 7.89. The summed E-state index contributed by atoms with van der Waals surface area (Å²) in [5.41, 5.74) is 0.717. The molecule has 118 valence electrons. The fourth-order valence-corrected chi connectivity index (χ4v) is 6.51. The van der Waals surface area contributed by atoms with Gasteiger partial charge in [0.15, 0.2) is 0 Å². The first-order chi connectivity index (χ1) is 10.0. The number of aryl methyl sites for hydroxylation is 1. The Kier molecular flexibility index (Phi) is 4.38. The molecule has 3 heterocycles. The molecule has 2 atom stereocenters. The van der Waals surface area contributed by atoms with Gasteiger partial charge in [-0.3, -0.25) is 0 Å². The maximum Gasteiger partial charge on any atom is 0.242 e. The lowest BCUT2D eigenvalue weighted by Crippen LogP contribution is -2.47. The van der Waals surface area contributed by atoms with Crippen LogP contribution >= 0.6 is 11.3 Å². The molecule has 7 heteroatoms. The molecule has 2 saturated heterocycles. The van der Waals surface area contributed by atoms with E-state index < -0.39 is 10.0 Å². The maximum absolute atomic E-state index is 12.6. The Bertz CT molecular complexity index is 612. The van der Waals surface area contributed by atoms with Gasteiger partial charge in [-0.25, -0.2) is 13.1 Å². The molecule has 0 aromatic carbocycles. The number of nitrogens with zero attached hydrogens (tertiary/aromatic N) is 1. The molecule has 2 aliphatic rings. The Morgan fingerprint density at radius 1 is 1.43 bits per heavy atom. The van der Waals surface area contributed by atoms with E-state index in [0.717, 1.165) is 31.5 Å². The summed E-state index contributed by atoms with van der Waals surface area (Å²) in [6, 6.07) is 0.549. The van der Waals surface area contributed by atoms with Crippen molar-refractivity contribution in [3.05, 3.63) is 15.8 Å². The number of nitrogens with one attached hydrogen (secondary N) is 1. The second-order valence-corrected chi connectivity index (χ2v) is 8.62. The zero-order valence-electron chi connectivity index (χ0n) is 12.2. The number of thiophene rings is 1. The Hall–Kier alpha value is -0.470. The van der Waals surface area contributed by atoms with E-state index in [-0.39, 0.29) is 17.5 Å². The van der Waals surface area contributed by atoms with Crippen LogP contribution in [0.2, 0.25) is 0 Å². The first-order valence-corrected chi connectivity index (χ1v) is 9.82. The summed E-state index contributed by atoms with van der Waals surface area (Å²) in [6.07, 6.45) is 4.17. The van der Waals surface area contributed by atoms with Gasteiger partial charge in [0.25, 0.3) is 0 Å². The number of rotatable bonds is 4. The normalized spacial score (nSPS) is 27.0. The lowest BCUT2D eigenvalue weighted by Gasteiger charge is -2.35. The zero-order valence-corrected chi connectivity index (χ0v) is 13.8. The van der Waals surface area contributed by atoms with E-state index >= 15 is 0 Å². The van der Waals surface area contributed by atoms with E-state index in [9.17, 15) is 13.5 Å². The van der Waals surface area contributed by atoms with Gasteiger partial charge in [0.2, 0.25) is 10.0 Å². The van der Waals surface area contributed by atoms with Crippen LogP contribution < -0.4 is 4.72 Å². The van der Waals surface area contributed by atoms with Gasteiger partial charge < -0.3 is 10.0 Å². The van der Waals surface area contributed by atoms with Crippen molar-refractivity contribution in [3.63, 3.8) is 0 Å². The summed E-state index contributed by atoms with van der Waals surface area (Å²) in [5.74, 6) is 0. The summed E-state index contributed by atoms with van der Waals surface area (Å²) in [7, 11) is -3.54. The third-order valence-corrected chi connectivity index (χ3v) is 7.51. The van der Waals surface area contributed by atoms with Crippen molar-refractivity contribution in [1.29, 1.82) is 0 Å². The fraction of sp³-hybridized carbons (Fsp3) is 0.714. The van der Waals surface area contributed by atoms with Crippen molar-refractivity contribution in [2.75, 3.05) is 13.1 Å². The molecule has 0 aliphatic carbocycles. The number of fused-ring (bicyclic) bond motifs is 1. The van der Waals surface area contributed by atoms with Crippen molar-refractivity contribution in [1.82, 2.24) is 9.62 Å². The minimum atomic E-state index is -3.54. The molecule has 5 nitrogen and oxygen atoms in total. The minimum absolute atomic E-state index is 0.0141. The van der Waals surface area contributed by atoms with Gasteiger partial charge in [-0.1, -0.05) is 0 Å². The van der Waals surface area contributed by atoms with Crippen molar-refractivity contribution in [2.24, 2.45) is 0 Å². The molecule has 21 heavy (non-hydrogen) atoms. The average molecular weight is 330 g/mol. The van der Waals surface area contributed by atoms with Crippen LogP contribution in [0.1, 0.15) is 36.1 Å². The van der Waals surface area contributed by atoms with Crippen LogP contribution in [0, 0.1) is 6.92 Å². The summed E-state index contributed by atoms with van der Waals surface area (Å²) < 4.78 is 28.1. The highest BCUT2D eigenvalue weighted by Gasteiger charge is 2.34. The van der Waals surface area contributed by atoms with Crippen LogP contribution in [0.3, 0.4) is 0 Å². The molecule has 1 aromatic rings. The zero-order chi connectivity index (χ0) is 15.0. The van der Waals surface area contributed by atoms with Crippen molar-refractivity contribution >= 4 is 21.4 Å². The summed E-state index contributed by atoms with van der Waals surface area (Å²) in [4.78, 5) is 3.28. The number of aliphatic hydroxyl groups is 1. The number of sulfonamides is 1. The van der Waals surface area contributed by atoms with Crippen LogP contribution in [-0.4, -0.2) is 43.6 Å². The second kappa shape index (κ2) is 5.96. The largest absolute Gasteiger partial charge is 0.391 e. The van der Waals surface area contributed by atoms with Gasteiger partial charge in [-0.05, 0) is 56.6 Å². The Morgan fingerprint density at radius 2 is 2.24 bits per heavy atom. The second-order valence-electron chi connectivity index (χ2n) is 6.00. The Morgan fingerprint density at radius 3 is 3.00 bits per heavy atom. The molecule has 2 N–H and O–H groups in total. The number of hydrogen-bond donors (Lipinski definition) is 2. The Balaban J connectivity index is 1.75.